The van der Waals surface area contributed by atoms with Crippen molar-refractivity contribution in [3.8, 4) is 11.5 Å². The molecule has 1 atom stereocenters. The van der Waals surface area contributed by atoms with Crippen LogP contribution in [-0.4, -0.2) is 35.9 Å². The van der Waals surface area contributed by atoms with E-state index in [1.807, 2.05) is 20.9 Å². The molecule has 1 aromatic carbocycles. The van der Waals surface area contributed by atoms with Crippen molar-refractivity contribution in [2.24, 2.45) is 7.05 Å². The Balaban J connectivity index is 2.17. The van der Waals surface area contributed by atoms with Crippen LogP contribution in [0.2, 0.25) is 5.02 Å². The third-order valence-corrected chi connectivity index (χ3v) is 4.29. The van der Waals surface area contributed by atoms with Crippen LogP contribution in [0.3, 0.4) is 0 Å². The number of benzene rings is 1. The van der Waals surface area contributed by atoms with Gasteiger partial charge in [0.15, 0.2) is 0 Å². The highest BCUT2D eigenvalue weighted by atomic mass is 35.5. The zero-order valence-electron chi connectivity index (χ0n) is 15.2. The Morgan fingerprint density at radius 1 is 1.24 bits per heavy atom. The van der Waals surface area contributed by atoms with E-state index in [1.165, 1.54) is 7.11 Å². The number of amides is 1. The normalized spacial score (nSPS) is 11.8. The van der Waals surface area contributed by atoms with Crippen LogP contribution in [0, 0.1) is 13.8 Å². The highest BCUT2D eigenvalue weighted by molar-refractivity contribution is 6.32. The summed E-state index contributed by atoms with van der Waals surface area (Å²) in [6.45, 7) is 5.51. The summed E-state index contributed by atoms with van der Waals surface area (Å²) in [5, 5.41) is 10.7. The van der Waals surface area contributed by atoms with E-state index in [-0.39, 0.29) is 5.91 Å². The minimum absolute atomic E-state index is 0.187. The van der Waals surface area contributed by atoms with E-state index in [2.05, 4.69) is 15.7 Å². The molecule has 0 fully saturated rings. The molecule has 0 spiro atoms. The summed E-state index contributed by atoms with van der Waals surface area (Å²) >= 11 is 6.16. The van der Waals surface area contributed by atoms with Gasteiger partial charge >= 0.3 is 0 Å². The van der Waals surface area contributed by atoms with Crippen LogP contribution < -0.4 is 20.1 Å². The number of nitrogens with one attached hydrogen (secondary N) is 2. The molecule has 0 aliphatic rings. The van der Waals surface area contributed by atoms with E-state index >= 15 is 0 Å². The van der Waals surface area contributed by atoms with Crippen molar-refractivity contribution in [2.45, 2.75) is 26.8 Å². The molecule has 0 unspecified atom stereocenters. The number of nitrogens with zero attached hydrogens (tertiary/aromatic N) is 2. The van der Waals surface area contributed by atoms with Crippen molar-refractivity contribution < 1.29 is 14.3 Å². The molecule has 1 heterocycles. The molecule has 2 rings (SSSR count). The number of anilines is 2. The van der Waals surface area contributed by atoms with Crippen molar-refractivity contribution in [3.63, 3.8) is 0 Å². The number of halogens is 1. The van der Waals surface area contributed by atoms with Crippen molar-refractivity contribution in [3.05, 3.63) is 28.5 Å². The molecule has 1 aromatic heterocycles. The van der Waals surface area contributed by atoms with Crippen molar-refractivity contribution in [1.82, 2.24) is 9.78 Å². The molecule has 25 heavy (non-hydrogen) atoms. The molecule has 1 amide bonds. The van der Waals surface area contributed by atoms with E-state index in [4.69, 9.17) is 21.1 Å². The second kappa shape index (κ2) is 7.65. The summed E-state index contributed by atoms with van der Waals surface area (Å²) in [5.41, 5.74) is 2.99. The quantitative estimate of drug-likeness (QED) is 0.821. The zero-order valence-corrected chi connectivity index (χ0v) is 16.0. The first kappa shape index (κ1) is 18.9. The fraction of sp³-hybridized carbons (Fsp3) is 0.412. The number of hydrogen-bond acceptors (Lipinski definition) is 5. The summed E-state index contributed by atoms with van der Waals surface area (Å²) in [6, 6.07) is 2.83. The third-order valence-electron chi connectivity index (χ3n) is 4.00. The summed E-state index contributed by atoms with van der Waals surface area (Å²) < 4.78 is 12.2. The highest BCUT2D eigenvalue weighted by Crippen LogP contribution is 2.36. The van der Waals surface area contributed by atoms with Crippen LogP contribution in [0.25, 0.3) is 0 Å². The Labute approximate surface area is 152 Å². The summed E-state index contributed by atoms with van der Waals surface area (Å²) in [5.74, 6) is 0.852. The Kier molecular flexibility index (Phi) is 5.79. The van der Waals surface area contributed by atoms with Gasteiger partial charge in [-0.05, 0) is 26.8 Å². The SMILES string of the molecule is COc1cc(OC)c(N[C@H](C)C(=O)Nc2c(C)nn(C)c2C)cc1Cl. The van der Waals surface area contributed by atoms with Gasteiger partial charge in [0.05, 0.1) is 42.0 Å². The summed E-state index contributed by atoms with van der Waals surface area (Å²) in [6.07, 6.45) is 0. The van der Waals surface area contributed by atoms with Gasteiger partial charge in [0, 0.05) is 13.1 Å². The topological polar surface area (TPSA) is 77.4 Å². The predicted molar refractivity (Wildman–Crippen MR) is 99.0 cm³/mol. The number of aromatic nitrogens is 2. The molecule has 0 saturated heterocycles. The monoisotopic (exact) mass is 366 g/mol. The van der Waals surface area contributed by atoms with Gasteiger partial charge in [-0.25, -0.2) is 0 Å². The Hall–Kier alpha value is -2.41. The van der Waals surface area contributed by atoms with Gasteiger partial charge in [0.25, 0.3) is 0 Å². The maximum Gasteiger partial charge on any atom is 0.246 e. The standard InChI is InChI=1S/C17H23ClN4O3/c1-9-16(11(3)22(4)21-9)20-17(23)10(2)19-13-7-12(18)14(24-5)8-15(13)25-6/h7-8,10,19H,1-6H3,(H,20,23)/t10-/m1/s1. The molecule has 7 nitrogen and oxygen atoms in total. The average molecular weight is 367 g/mol. The van der Waals surface area contributed by atoms with E-state index < -0.39 is 6.04 Å². The molecule has 8 heteroatoms. The molecular formula is C17H23ClN4O3. The largest absolute Gasteiger partial charge is 0.495 e. The van der Waals surface area contributed by atoms with Gasteiger partial charge in [0.1, 0.15) is 17.5 Å². The number of carbonyl (C=O) groups excluding carboxylic acids is 1. The van der Waals surface area contributed by atoms with Gasteiger partial charge in [-0.15, -0.1) is 0 Å². The zero-order chi connectivity index (χ0) is 18.7. The fourth-order valence-electron chi connectivity index (χ4n) is 2.46. The van der Waals surface area contributed by atoms with Crippen molar-refractivity contribution in [2.75, 3.05) is 24.9 Å². The van der Waals surface area contributed by atoms with Crippen LogP contribution in [0.1, 0.15) is 18.3 Å². The predicted octanol–water partition coefficient (Wildman–Crippen LogP) is 3.15. The van der Waals surface area contributed by atoms with Gasteiger partial charge in [-0.1, -0.05) is 11.6 Å². The lowest BCUT2D eigenvalue weighted by molar-refractivity contribution is -0.116. The number of aryl methyl sites for hydroxylation is 2. The lowest BCUT2D eigenvalue weighted by atomic mass is 10.2. The van der Waals surface area contributed by atoms with Gasteiger partial charge in [-0.3, -0.25) is 9.48 Å². The molecule has 2 aromatic rings. The minimum Gasteiger partial charge on any atom is -0.495 e. The molecule has 0 aliphatic heterocycles. The Morgan fingerprint density at radius 2 is 1.88 bits per heavy atom. The second-order valence-electron chi connectivity index (χ2n) is 5.71. The maximum atomic E-state index is 12.5. The molecule has 2 N–H and O–H groups in total. The van der Waals surface area contributed by atoms with Crippen LogP contribution in [0.5, 0.6) is 11.5 Å². The number of carbonyl (C=O) groups is 1. The molecule has 0 saturated carbocycles. The smallest absolute Gasteiger partial charge is 0.246 e. The van der Waals surface area contributed by atoms with Crippen LogP contribution >= 0.6 is 11.6 Å². The van der Waals surface area contributed by atoms with Gasteiger partial charge in [-0.2, -0.15) is 5.10 Å². The van der Waals surface area contributed by atoms with Crippen LogP contribution in [0.4, 0.5) is 11.4 Å². The highest BCUT2D eigenvalue weighted by Gasteiger charge is 2.19. The van der Waals surface area contributed by atoms with Crippen molar-refractivity contribution >= 4 is 28.9 Å². The van der Waals surface area contributed by atoms with Crippen LogP contribution in [-0.2, 0) is 11.8 Å². The molecule has 0 bridgehead atoms. The third kappa shape index (κ3) is 3.99. The average Bonchev–Trinajstić information content (AvgIpc) is 2.81. The maximum absolute atomic E-state index is 12.5. The van der Waals surface area contributed by atoms with E-state index in [0.717, 1.165) is 17.1 Å². The number of methoxy groups -OCH3 is 2. The van der Waals surface area contributed by atoms with E-state index in [9.17, 15) is 4.79 Å². The number of ether oxygens (including phenoxy) is 2. The minimum atomic E-state index is -0.516. The molecular weight excluding hydrogens is 344 g/mol. The van der Waals surface area contributed by atoms with E-state index in [1.54, 1.807) is 30.8 Å². The molecule has 0 aliphatic carbocycles. The number of rotatable bonds is 6. The second-order valence-corrected chi connectivity index (χ2v) is 6.12. The lowest BCUT2D eigenvalue weighted by Crippen LogP contribution is -2.32. The van der Waals surface area contributed by atoms with E-state index in [0.29, 0.717) is 22.2 Å². The lowest BCUT2D eigenvalue weighted by Gasteiger charge is -2.18. The first-order valence-corrected chi connectivity index (χ1v) is 8.15. The molecule has 0 radical (unpaired) electrons. The Morgan fingerprint density at radius 3 is 2.40 bits per heavy atom. The number of hydrogen-bond donors (Lipinski definition) is 2. The first-order valence-electron chi connectivity index (χ1n) is 7.77. The fourth-order valence-corrected chi connectivity index (χ4v) is 2.70. The first-order chi connectivity index (χ1) is 11.8. The van der Waals surface area contributed by atoms with Gasteiger partial charge in [0.2, 0.25) is 5.91 Å². The van der Waals surface area contributed by atoms with Gasteiger partial charge < -0.3 is 20.1 Å². The van der Waals surface area contributed by atoms with Crippen LogP contribution in [0.15, 0.2) is 12.1 Å². The Bertz CT molecular complexity index is 789. The van der Waals surface area contributed by atoms with Crippen molar-refractivity contribution in [1.29, 1.82) is 0 Å². The molecule has 136 valence electrons. The summed E-state index contributed by atoms with van der Waals surface area (Å²) in [4.78, 5) is 12.5. The summed E-state index contributed by atoms with van der Waals surface area (Å²) in [7, 11) is 4.91.